The number of nitrogens with zero attached hydrogens (tertiary/aromatic N) is 4. The first-order valence-corrected chi connectivity index (χ1v) is 8.94. The fraction of sp³-hybridized carbons (Fsp3) is 0.429. The van der Waals surface area contributed by atoms with E-state index >= 15 is 0 Å². The lowest BCUT2D eigenvalue weighted by Crippen LogP contribution is -2.52. The molecule has 1 aliphatic heterocycles. The minimum atomic E-state index is -1.66. The van der Waals surface area contributed by atoms with Crippen LogP contribution in [0, 0.1) is 56.7 Å². The van der Waals surface area contributed by atoms with E-state index in [-0.39, 0.29) is 11.6 Å². The highest BCUT2D eigenvalue weighted by atomic mass is 16.5. The Morgan fingerprint density at radius 1 is 1.22 bits per heavy atom. The number of nitriles is 3. The first kappa shape index (κ1) is 18.6. The highest BCUT2D eigenvalue weighted by molar-refractivity contribution is 6.00. The largest absolute Gasteiger partial charge is 0.494 e. The predicted molar refractivity (Wildman–Crippen MR) is 99.9 cm³/mol. The second kappa shape index (κ2) is 7.23. The fourth-order valence-corrected chi connectivity index (χ4v) is 4.27. The van der Waals surface area contributed by atoms with Crippen LogP contribution in [0.5, 0.6) is 5.75 Å². The zero-order valence-corrected chi connectivity index (χ0v) is 15.4. The number of nitrogens with one attached hydrogen (secondary N) is 1. The molecule has 1 aliphatic carbocycles. The maximum absolute atomic E-state index is 9.97. The van der Waals surface area contributed by atoms with E-state index in [2.05, 4.69) is 23.1 Å². The Morgan fingerprint density at radius 3 is 2.44 bits per heavy atom. The standard InChI is InChI=1S/C21H21N5O/c1-3-27-15-6-4-14(5-7-15)19-18-11-26(2)9-8-16(18)17(10-22)20(25)21(19,12-23)13-24/h4-8,17-19,25H,3,9,11H2,1-2H3/t17-,18+,19-/m1/s1. The van der Waals surface area contributed by atoms with Gasteiger partial charge in [0.25, 0.3) is 0 Å². The summed E-state index contributed by atoms with van der Waals surface area (Å²) in [5.74, 6) is -0.769. The fourth-order valence-electron chi connectivity index (χ4n) is 4.27. The van der Waals surface area contributed by atoms with Gasteiger partial charge in [0, 0.05) is 24.9 Å². The molecular formula is C21H21N5O. The van der Waals surface area contributed by atoms with Crippen LogP contribution in [0.1, 0.15) is 18.4 Å². The molecule has 136 valence electrons. The summed E-state index contributed by atoms with van der Waals surface area (Å²) in [6.07, 6.45) is 1.98. The van der Waals surface area contributed by atoms with Crippen molar-refractivity contribution in [3.8, 4) is 24.0 Å². The van der Waals surface area contributed by atoms with E-state index in [4.69, 9.17) is 10.1 Å². The van der Waals surface area contributed by atoms with Crippen molar-refractivity contribution in [3.05, 3.63) is 41.5 Å². The molecule has 1 heterocycles. The van der Waals surface area contributed by atoms with E-state index in [1.165, 1.54) is 0 Å². The van der Waals surface area contributed by atoms with Gasteiger partial charge in [-0.05, 0) is 37.2 Å². The van der Waals surface area contributed by atoms with Crippen molar-refractivity contribution in [2.45, 2.75) is 12.8 Å². The Morgan fingerprint density at radius 2 is 1.89 bits per heavy atom. The number of benzene rings is 1. The Balaban J connectivity index is 2.18. The average Bonchev–Trinajstić information content (AvgIpc) is 2.68. The number of rotatable bonds is 3. The van der Waals surface area contributed by atoms with Crippen molar-refractivity contribution in [1.29, 1.82) is 21.2 Å². The molecule has 6 heteroatoms. The zero-order valence-electron chi connectivity index (χ0n) is 15.4. The van der Waals surface area contributed by atoms with E-state index in [0.29, 0.717) is 19.7 Å². The van der Waals surface area contributed by atoms with Crippen molar-refractivity contribution in [2.24, 2.45) is 17.3 Å². The molecule has 0 unspecified atom stereocenters. The average molecular weight is 359 g/mol. The van der Waals surface area contributed by atoms with Gasteiger partial charge < -0.3 is 15.0 Å². The van der Waals surface area contributed by atoms with Crippen LogP contribution in [0.25, 0.3) is 0 Å². The monoisotopic (exact) mass is 359 g/mol. The summed E-state index contributed by atoms with van der Waals surface area (Å²) in [4.78, 5) is 2.11. The van der Waals surface area contributed by atoms with Crippen molar-refractivity contribution < 1.29 is 4.74 Å². The summed E-state index contributed by atoms with van der Waals surface area (Å²) < 4.78 is 5.50. The number of ether oxygens (including phenoxy) is 1. The molecule has 2 aliphatic rings. The van der Waals surface area contributed by atoms with E-state index in [0.717, 1.165) is 16.9 Å². The van der Waals surface area contributed by atoms with Crippen molar-refractivity contribution >= 4 is 5.71 Å². The summed E-state index contributed by atoms with van der Waals surface area (Å²) >= 11 is 0. The Labute approximate surface area is 159 Å². The van der Waals surface area contributed by atoms with Gasteiger partial charge in [-0.3, -0.25) is 0 Å². The van der Waals surface area contributed by atoms with Crippen LogP contribution in [-0.2, 0) is 0 Å². The second-order valence-electron chi connectivity index (χ2n) is 7.02. The highest BCUT2D eigenvalue weighted by Crippen LogP contribution is 2.53. The minimum Gasteiger partial charge on any atom is -0.494 e. The lowest BCUT2D eigenvalue weighted by atomic mass is 9.54. The number of hydrogen-bond acceptors (Lipinski definition) is 6. The molecule has 3 rings (SSSR count). The number of fused-ring (bicyclic) bond motifs is 1. The maximum Gasteiger partial charge on any atom is 0.189 e. The third-order valence-electron chi connectivity index (χ3n) is 5.52. The van der Waals surface area contributed by atoms with Crippen LogP contribution in [0.15, 0.2) is 35.9 Å². The minimum absolute atomic E-state index is 0.110. The molecule has 1 aromatic carbocycles. The molecule has 0 amide bonds. The smallest absolute Gasteiger partial charge is 0.189 e. The quantitative estimate of drug-likeness (QED) is 0.835. The van der Waals surface area contributed by atoms with E-state index in [1.807, 2.05) is 44.3 Å². The molecule has 0 radical (unpaired) electrons. The summed E-state index contributed by atoms with van der Waals surface area (Å²) in [6, 6.07) is 13.8. The summed E-state index contributed by atoms with van der Waals surface area (Å²) in [5, 5.41) is 38.2. The zero-order chi connectivity index (χ0) is 19.6. The molecular weight excluding hydrogens is 338 g/mol. The van der Waals surface area contributed by atoms with E-state index in [9.17, 15) is 15.8 Å². The van der Waals surface area contributed by atoms with E-state index < -0.39 is 17.3 Å². The second-order valence-corrected chi connectivity index (χ2v) is 7.02. The van der Waals surface area contributed by atoms with Gasteiger partial charge >= 0.3 is 0 Å². The molecule has 1 fully saturated rings. The molecule has 6 nitrogen and oxygen atoms in total. The van der Waals surface area contributed by atoms with Gasteiger partial charge in [0.1, 0.15) is 11.7 Å². The molecule has 0 bridgehead atoms. The van der Waals surface area contributed by atoms with Crippen LogP contribution >= 0.6 is 0 Å². The van der Waals surface area contributed by atoms with Crippen LogP contribution in [0.3, 0.4) is 0 Å². The van der Waals surface area contributed by atoms with Gasteiger partial charge in [-0.25, -0.2) is 0 Å². The highest BCUT2D eigenvalue weighted by Gasteiger charge is 2.57. The number of likely N-dealkylation sites (N-methyl/N-ethyl adjacent to an activating group) is 1. The Kier molecular flexibility index (Phi) is 5.00. The van der Waals surface area contributed by atoms with Gasteiger partial charge in [0.15, 0.2) is 5.41 Å². The molecule has 1 N–H and O–H groups in total. The van der Waals surface area contributed by atoms with Gasteiger partial charge in [0.2, 0.25) is 0 Å². The van der Waals surface area contributed by atoms with Gasteiger partial charge in [0.05, 0.1) is 30.5 Å². The van der Waals surface area contributed by atoms with Crippen LogP contribution in [-0.4, -0.2) is 37.4 Å². The van der Waals surface area contributed by atoms with Crippen molar-refractivity contribution in [3.63, 3.8) is 0 Å². The third-order valence-corrected chi connectivity index (χ3v) is 5.52. The van der Waals surface area contributed by atoms with Crippen LogP contribution < -0.4 is 4.74 Å². The first-order valence-electron chi connectivity index (χ1n) is 8.94. The van der Waals surface area contributed by atoms with Gasteiger partial charge in [-0.1, -0.05) is 18.2 Å². The lowest BCUT2D eigenvalue weighted by Gasteiger charge is -2.47. The summed E-state index contributed by atoms with van der Waals surface area (Å²) in [5.41, 5.74) is -0.0938. The molecule has 0 spiro atoms. The lowest BCUT2D eigenvalue weighted by molar-refractivity contribution is 0.235. The summed E-state index contributed by atoms with van der Waals surface area (Å²) in [7, 11) is 1.98. The normalized spacial score (nSPS) is 26.7. The first-order chi connectivity index (χ1) is 13.0. The molecule has 3 atom stereocenters. The maximum atomic E-state index is 9.97. The predicted octanol–water partition coefficient (Wildman–Crippen LogP) is 2.86. The SMILES string of the molecule is CCOc1ccc([C@@H]2[C@H]3CN(C)CC=C3[C@@H](C#N)C(=N)C2(C#N)C#N)cc1. The topological polar surface area (TPSA) is 108 Å². The molecule has 1 saturated carbocycles. The van der Waals surface area contributed by atoms with Crippen LogP contribution in [0.4, 0.5) is 0 Å². The van der Waals surface area contributed by atoms with Crippen molar-refractivity contribution in [2.75, 3.05) is 26.7 Å². The third kappa shape index (κ3) is 2.87. The molecule has 27 heavy (non-hydrogen) atoms. The molecule has 0 saturated heterocycles. The van der Waals surface area contributed by atoms with E-state index in [1.54, 1.807) is 0 Å². The van der Waals surface area contributed by atoms with Gasteiger partial charge in [-0.2, -0.15) is 15.8 Å². The van der Waals surface area contributed by atoms with Crippen LogP contribution in [0.2, 0.25) is 0 Å². The van der Waals surface area contributed by atoms with Crippen molar-refractivity contribution in [1.82, 2.24) is 4.90 Å². The Bertz CT molecular complexity index is 882. The number of hydrogen-bond donors (Lipinski definition) is 1. The van der Waals surface area contributed by atoms with Gasteiger partial charge in [-0.15, -0.1) is 0 Å². The summed E-state index contributed by atoms with van der Waals surface area (Å²) in [6.45, 7) is 3.79. The molecule has 0 aromatic heterocycles. The molecule has 1 aromatic rings. The Hall–Kier alpha value is -3.14.